The molecule has 0 radical (unpaired) electrons. The highest BCUT2D eigenvalue weighted by Crippen LogP contribution is 2.47. The Morgan fingerprint density at radius 2 is 1.69 bits per heavy atom. The molecule has 0 spiro atoms. The summed E-state index contributed by atoms with van der Waals surface area (Å²) in [6.45, 7) is 0.470. The van der Waals surface area contributed by atoms with Crippen molar-refractivity contribution in [2.75, 3.05) is 14.2 Å². The van der Waals surface area contributed by atoms with Gasteiger partial charge in [0.15, 0.2) is 5.78 Å². The van der Waals surface area contributed by atoms with E-state index in [4.69, 9.17) is 14.2 Å². The Bertz CT molecular complexity index is 1240. The summed E-state index contributed by atoms with van der Waals surface area (Å²) < 4.78 is 16.8. The molecule has 0 saturated heterocycles. The molecular weight excluding hydrogens is 366 g/mol. The van der Waals surface area contributed by atoms with E-state index in [-0.39, 0.29) is 5.78 Å². The standard InChI is InChI=1S/C24H19NO4/c1-27-16-11-18-21(20(12-16)28-2)23-22(24(18)26)17-10-15(8-9-19(17)25-23)29-13-14-6-4-3-5-7-14/h3-12,25H,13H2,1-2H3. The number of ether oxygens (including phenoxy) is 3. The lowest BCUT2D eigenvalue weighted by atomic mass is 10.1. The smallest absolute Gasteiger partial charge is 0.196 e. The first-order chi connectivity index (χ1) is 14.2. The minimum Gasteiger partial charge on any atom is -0.497 e. The molecule has 4 aromatic rings. The Kier molecular flexibility index (Phi) is 4.02. The van der Waals surface area contributed by atoms with E-state index in [1.165, 1.54) is 0 Å². The van der Waals surface area contributed by atoms with Gasteiger partial charge in [0, 0.05) is 22.5 Å². The van der Waals surface area contributed by atoms with Crippen molar-refractivity contribution in [3.63, 3.8) is 0 Å². The second-order valence-electron chi connectivity index (χ2n) is 6.94. The predicted molar refractivity (Wildman–Crippen MR) is 111 cm³/mol. The Hall–Kier alpha value is -3.73. The second-order valence-corrected chi connectivity index (χ2v) is 6.94. The summed E-state index contributed by atoms with van der Waals surface area (Å²) in [4.78, 5) is 16.6. The molecule has 1 aliphatic rings. The van der Waals surface area contributed by atoms with Gasteiger partial charge in [-0.25, -0.2) is 0 Å². The zero-order chi connectivity index (χ0) is 20.0. The molecule has 0 fully saturated rings. The molecule has 0 atom stereocenters. The number of methoxy groups -OCH3 is 2. The van der Waals surface area contributed by atoms with E-state index in [0.29, 0.717) is 29.2 Å². The molecule has 5 heteroatoms. The van der Waals surface area contributed by atoms with Crippen molar-refractivity contribution >= 4 is 16.7 Å². The third-order valence-corrected chi connectivity index (χ3v) is 5.27. The lowest BCUT2D eigenvalue weighted by Crippen LogP contribution is -1.98. The quantitative estimate of drug-likeness (QED) is 0.464. The molecule has 144 valence electrons. The second kappa shape index (κ2) is 6.71. The van der Waals surface area contributed by atoms with Gasteiger partial charge in [-0.3, -0.25) is 4.79 Å². The molecule has 0 bridgehead atoms. The number of rotatable bonds is 5. The summed E-state index contributed by atoms with van der Waals surface area (Å²) in [6.07, 6.45) is 0. The largest absolute Gasteiger partial charge is 0.497 e. The highest BCUT2D eigenvalue weighted by atomic mass is 16.5. The van der Waals surface area contributed by atoms with Crippen LogP contribution in [0.3, 0.4) is 0 Å². The molecule has 0 unspecified atom stereocenters. The summed E-state index contributed by atoms with van der Waals surface area (Å²) in [7, 11) is 3.17. The number of fused-ring (bicyclic) bond motifs is 5. The van der Waals surface area contributed by atoms with E-state index in [9.17, 15) is 4.79 Å². The van der Waals surface area contributed by atoms with Gasteiger partial charge in [0.2, 0.25) is 0 Å². The number of benzene rings is 3. The number of nitrogens with one attached hydrogen (secondary N) is 1. The minimum atomic E-state index is -0.0429. The minimum absolute atomic E-state index is 0.0429. The lowest BCUT2D eigenvalue weighted by Gasteiger charge is -2.10. The van der Waals surface area contributed by atoms with E-state index in [0.717, 1.165) is 33.5 Å². The summed E-state index contributed by atoms with van der Waals surface area (Å²) in [5.41, 5.74) is 4.76. The van der Waals surface area contributed by atoms with Crippen LogP contribution in [0.15, 0.2) is 60.7 Å². The monoisotopic (exact) mass is 385 g/mol. The van der Waals surface area contributed by atoms with Crippen LogP contribution in [0, 0.1) is 0 Å². The van der Waals surface area contributed by atoms with Crippen LogP contribution in [0.1, 0.15) is 21.5 Å². The van der Waals surface area contributed by atoms with Gasteiger partial charge in [0.05, 0.1) is 31.0 Å². The third kappa shape index (κ3) is 2.74. The Labute approximate surface area is 167 Å². The number of carbonyl (C=O) groups excluding carboxylic acids is 1. The molecule has 1 N–H and O–H groups in total. The number of carbonyl (C=O) groups is 1. The lowest BCUT2D eigenvalue weighted by molar-refractivity contribution is 0.104. The van der Waals surface area contributed by atoms with Crippen LogP contribution in [0.5, 0.6) is 17.2 Å². The fourth-order valence-corrected chi connectivity index (χ4v) is 3.87. The fraction of sp³-hybridized carbons (Fsp3) is 0.125. The number of aromatic nitrogens is 1. The van der Waals surface area contributed by atoms with Gasteiger partial charge >= 0.3 is 0 Å². The van der Waals surface area contributed by atoms with Gasteiger partial charge in [-0.1, -0.05) is 30.3 Å². The SMILES string of the molecule is COc1cc(OC)c2c(c1)C(=O)c1c-2[nH]c2ccc(OCc3ccccc3)cc12. The van der Waals surface area contributed by atoms with E-state index in [1.807, 2.05) is 48.5 Å². The highest BCUT2D eigenvalue weighted by molar-refractivity contribution is 6.28. The van der Waals surface area contributed by atoms with Crippen molar-refractivity contribution < 1.29 is 19.0 Å². The van der Waals surface area contributed by atoms with Crippen LogP contribution in [-0.4, -0.2) is 25.0 Å². The normalized spacial score (nSPS) is 12.0. The van der Waals surface area contributed by atoms with E-state index in [1.54, 1.807) is 26.4 Å². The number of aromatic amines is 1. The zero-order valence-corrected chi connectivity index (χ0v) is 16.1. The Morgan fingerprint density at radius 3 is 2.45 bits per heavy atom. The van der Waals surface area contributed by atoms with Crippen LogP contribution in [-0.2, 0) is 6.61 Å². The average Bonchev–Trinajstić information content (AvgIpc) is 3.27. The molecule has 5 nitrogen and oxygen atoms in total. The first-order valence-corrected chi connectivity index (χ1v) is 9.33. The summed E-state index contributed by atoms with van der Waals surface area (Å²) in [5.74, 6) is 1.88. The number of H-pyrrole nitrogens is 1. The fourth-order valence-electron chi connectivity index (χ4n) is 3.87. The average molecular weight is 385 g/mol. The van der Waals surface area contributed by atoms with Gasteiger partial charge < -0.3 is 19.2 Å². The predicted octanol–water partition coefficient (Wildman–Crippen LogP) is 4.98. The Morgan fingerprint density at radius 1 is 0.862 bits per heavy atom. The topological polar surface area (TPSA) is 60.5 Å². The maximum Gasteiger partial charge on any atom is 0.196 e. The van der Waals surface area contributed by atoms with Crippen LogP contribution < -0.4 is 14.2 Å². The molecule has 0 amide bonds. The van der Waals surface area contributed by atoms with Crippen molar-refractivity contribution in [3.05, 3.63) is 77.4 Å². The molecule has 29 heavy (non-hydrogen) atoms. The van der Waals surface area contributed by atoms with Crippen molar-refractivity contribution in [2.24, 2.45) is 0 Å². The van der Waals surface area contributed by atoms with Crippen LogP contribution in [0.2, 0.25) is 0 Å². The first-order valence-electron chi connectivity index (χ1n) is 9.33. The maximum atomic E-state index is 13.2. The molecule has 0 saturated carbocycles. The van der Waals surface area contributed by atoms with Gasteiger partial charge in [0.25, 0.3) is 0 Å². The number of hydrogen-bond donors (Lipinski definition) is 1. The highest BCUT2D eigenvalue weighted by Gasteiger charge is 2.34. The maximum absolute atomic E-state index is 13.2. The summed E-state index contributed by atoms with van der Waals surface area (Å²) in [5, 5.41) is 0.841. The zero-order valence-electron chi connectivity index (χ0n) is 16.1. The molecule has 3 aromatic carbocycles. The molecule has 0 aliphatic heterocycles. The van der Waals surface area contributed by atoms with Crippen molar-refractivity contribution in [1.29, 1.82) is 0 Å². The van der Waals surface area contributed by atoms with E-state index < -0.39 is 0 Å². The molecule has 1 aromatic heterocycles. The van der Waals surface area contributed by atoms with Crippen molar-refractivity contribution in [1.82, 2.24) is 4.98 Å². The third-order valence-electron chi connectivity index (χ3n) is 5.27. The van der Waals surface area contributed by atoms with Gasteiger partial charge in [-0.2, -0.15) is 0 Å². The van der Waals surface area contributed by atoms with Crippen LogP contribution in [0.25, 0.3) is 22.2 Å². The first kappa shape index (κ1) is 17.4. The van der Waals surface area contributed by atoms with Crippen molar-refractivity contribution in [2.45, 2.75) is 6.61 Å². The molecule has 1 heterocycles. The van der Waals surface area contributed by atoms with Crippen LogP contribution in [0.4, 0.5) is 0 Å². The number of ketones is 1. The van der Waals surface area contributed by atoms with Crippen molar-refractivity contribution in [3.8, 4) is 28.5 Å². The molecular formula is C24H19NO4. The van der Waals surface area contributed by atoms with Crippen LogP contribution >= 0.6 is 0 Å². The number of hydrogen-bond acceptors (Lipinski definition) is 4. The Balaban J connectivity index is 1.57. The molecule has 5 rings (SSSR count). The van der Waals surface area contributed by atoms with E-state index >= 15 is 0 Å². The van der Waals surface area contributed by atoms with Gasteiger partial charge in [-0.05, 0) is 29.8 Å². The summed E-state index contributed by atoms with van der Waals surface area (Å²) >= 11 is 0. The summed E-state index contributed by atoms with van der Waals surface area (Å²) in [6, 6.07) is 19.3. The van der Waals surface area contributed by atoms with E-state index in [2.05, 4.69) is 4.98 Å². The van der Waals surface area contributed by atoms with Gasteiger partial charge in [0.1, 0.15) is 23.9 Å². The van der Waals surface area contributed by atoms with Gasteiger partial charge in [-0.15, -0.1) is 0 Å². The molecule has 1 aliphatic carbocycles.